The normalized spacial score (nSPS) is 12.8. The molecule has 1 aliphatic carbocycles. The smallest absolute Gasteiger partial charge is 0.261 e. The predicted octanol–water partition coefficient (Wildman–Crippen LogP) is 3.23. The molecule has 0 spiro atoms. The standard InChI is InChI=1S/C18H21NO3S/c1-21-14-7-6-12(10-15(14)22-2)8-9-19-18(20)17-11-13-4-3-5-16(13)23-17/h6-7,10-11H,3-5,8-9H2,1-2H3,(H,19,20). The van der Waals surface area contributed by atoms with Crippen LogP contribution in [0, 0.1) is 0 Å². The number of hydrogen-bond acceptors (Lipinski definition) is 4. The van der Waals surface area contributed by atoms with E-state index in [9.17, 15) is 4.79 Å². The second-order valence-electron chi connectivity index (χ2n) is 5.61. The van der Waals surface area contributed by atoms with Crippen LogP contribution in [0.1, 0.15) is 32.1 Å². The van der Waals surface area contributed by atoms with Crippen LogP contribution in [-0.2, 0) is 19.3 Å². The van der Waals surface area contributed by atoms with Gasteiger partial charge in [0, 0.05) is 11.4 Å². The van der Waals surface area contributed by atoms with E-state index in [-0.39, 0.29) is 5.91 Å². The number of fused-ring (bicyclic) bond motifs is 1. The number of benzene rings is 1. The van der Waals surface area contributed by atoms with Crippen LogP contribution in [0.3, 0.4) is 0 Å². The second-order valence-corrected chi connectivity index (χ2v) is 6.74. The number of nitrogens with one attached hydrogen (secondary N) is 1. The van der Waals surface area contributed by atoms with E-state index in [0.29, 0.717) is 18.0 Å². The van der Waals surface area contributed by atoms with Gasteiger partial charge in [0.2, 0.25) is 0 Å². The highest BCUT2D eigenvalue weighted by Gasteiger charge is 2.18. The number of methoxy groups -OCH3 is 2. The van der Waals surface area contributed by atoms with Crippen molar-refractivity contribution in [1.29, 1.82) is 0 Å². The monoisotopic (exact) mass is 331 g/mol. The number of thiophene rings is 1. The van der Waals surface area contributed by atoms with Crippen LogP contribution in [0.5, 0.6) is 11.5 Å². The van der Waals surface area contributed by atoms with Crippen LogP contribution in [0.25, 0.3) is 0 Å². The lowest BCUT2D eigenvalue weighted by atomic mass is 10.1. The molecule has 122 valence electrons. The molecule has 0 unspecified atom stereocenters. The molecule has 0 bridgehead atoms. The molecule has 1 heterocycles. The van der Waals surface area contributed by atoms with Crippen LogP contribution in [-0.4, -0.2) is 26.7 Å². The minimum Gasteiger partial charge on any atom is -0.493 e. The van der Waals surface area contributed by atoms with Crippen molar-refractivity contribution >= 4 is 17.2 Å². The maximum atomic E-state index is 12.2. The van der Waals surface area contributed by atoms with E-state index in [1.54, 1.807) is 25.6 Å². The van der Waals surface area contributed by atoms with Crippen LogP contribution in [0.4, 0.5) is 0 Å². The van der Waals surface area contributed by atoms with Crippen LogP contribution >= 0.6 is 11.3 Å². The number of carbonyl (C=O) groups is 1. The summed E-state index contributed by atoms with van der Waals surface area (Å²) in [7, 11) is 3.25. The van der Waals surface area contributed by atoms with Gasteiger partial charge in [0.1, 0.15) is 0 Å². The van der Waals surface area contributed by atoms with E-state index in [2.05, 4.69) is 11.4 Å². The number of carbonyl (C=O) groups excluding carboxylic acids is 1. The Labute approximate surface area is 140 Å². The van der Waals surface area contributed by atoms with Crippen molar-refractivity contribution in [1.82, 2.24) is 5.32 Å². The Morgan fingerprint density at radius 3 is 2.74 bits per heavy atom. The van der Waals surface area contributed by atoms with Gasteiger partial charge in [-0.05, 0) is 55.0 Å². The Bertz CT molecular complexity index is 687. The first-order valence-corrected chi connectivity index (χ1v) is 8.63. The van der Waals surface area contributed by atoms with Crippen LogP contribution < -0.4 is 14.8 Å². The van der Waals surface area contributed by atoms with Gasteiger partial charge in [-0.3, -0.25) is 4.79 Å². The number of hydrogen-bond donors (Lipinski definition) is 1. The Kier molecular flexibility index (Phi) is 4.86. The molecular weight excluding hydrogens is 310 g/mol. The number of ether oxygens (including phenoxy) is 2. The third-order valence-corrected chi connectivity index (χ3v) is 5.35. The van der Waals surface area contributed by atoms with Crippen molar-refractivity contribution in [3.8, 4) is 11.5 Å². The van der Waals surface area contributed by atoms with Gasteiger partial charge in [-0.15, -0.1) is 11.3 Å². The molecule has 23 heavy (non-hydrogen) atoms. The van der Waals surface area contributed by atoms with Gasteiger partial charge >= 0.3 is 0 Å². The number of rotatable bonds is 6. The fourth-order valence-electron chi connectivity index (χ4n) is 2.88. The zero-order valence-corrected chi connectivity index (χ0v) is 14.3. The van der Waals surface area contributed by atoms with Crippen molar-refractivity contribution in [2.24, 2.45) is 0 Å². The summed E-state index contributed by atoms with van der Waals surface area (Å²) in [5.41, 5.74) is 2.47. The number of amides is 1. The summed E-state index contributed by atoms with van der Waals surface area (Å²) in [6, 6.07) is 7.89. The molecule has 0 atom stereocenters. The highest BCUT2D eigenvalue weighted by Crippen LogP contribution is 2.30. The summed E-state index contributed by atoms with van der Waals surface area (Å²) in [5.74, 6) is 1.46. The minimum absolute atomic E-state index is 0.0323. The molecule has 1 aromatic heterocycles. The molecule has 1 amide bonds. The Morgan fingerprint density at radius 1 is 1.17 bits per heavy atom. The van der Waals surface area contributed by atoms with E-state index in [0.717, 1.165) is 29.7 Å². The molecule has 3 rings (SSSR count). The molecule has 5 heteroatoms. The van der Waals surface area contributed by atoms with Gasteiger partial charge in [-0.1, -0.05) is 6.07 Å². The first kappa shape index (κ1) is 15.9. The largest absolute Gasteiger partial charge is 0.493 e. The van der Waals surface area contributed by atoms with Crippen molar-refractivity contribution < 1.29 is 14.3 Å². The summed E-state index contributed by atoms with van der Waals surface area (Å²) in [6.07, 6.45) is 4.23. The first-order valence-electron chi connectivity index (χ1n) is 7.82. The van der Waals surface area contributed by atoms with Crippen LogP contribution in [0.15, 0.2) is 24.3 Å². The Morgan fingerprint density at radius 2 is 2.00 bits per heavy atom. The van der Waals surface area contributed by atoms with Crippen LogP contribution in [0.2, 0.25) is 0 Å². The van der Waals surface area contributed by atoms with Crippen molar-refractivity contribution in [3.63, 3.8) is 0 Å². The third kappa shape index (κ3) is 3.50. The van der Waals surface area contributed by atoms with Gasteiger partial charge < -0.3 is 14.8 Å². The summed E-state index contributed by atoms with van der Waals surface area (Å²) in [6.45, 7) is 0.608. The topological polar surface area (TPSA) is 47.6 Å². The first-order chi connectivity index (χ1) is 11.2. The number of aryl methyl sites for hydroxylation is 2. The molecule has 1 N–H and O–H groups in total. The molecule has 4 nitrogen and oxygen atoms in total. The molecule has 1 aliphatic rings. The molecule has 0 aliphatic heterocycles. The quantitative estimate of drug-likeness (QED) is 0.884. The molecule has 0 saturated carbocycles. The fourth-order valence-corrected chi connectivity index (χ4v) is 4.05. The molecule has 0 radical (unpaired) electrons. The average Bonchev–Trinajstić information content (AvgIpc) is 3.16. The van der Waals surface area contributed by atoms with E-state index < -0.39 is 0 Å². The lowest BCUT2D eigenvalue weighted by Gasteiger charge is -2.10. The lowest BCUT2D eigenvalue weighted by molar-refractivity contribution is 0.0958. The van der Waals surface area contributed by atoms with Crippen molar-refractivity contribution in [2.45, 2.75) is 25.7 Å². The van der Waals surface area contributed by atoms with E-state index in [1.807, 2.05) is 18.2 Å². The van der Waals surface area contributed by atoms with Crippen molar-refractivity contribution in [3.05, 3.63) is 45.1 Å². The van der Waals surface area contributed by atoms with E-state index >= 15 is 0 Å². The highest BCUT2D eigenvalue weighted by molar-refractivity contribution is 7.14. The second kappa shape index (κ2) is 7.04. The van der Waals surface area contributed by atoms with Gasteiger partial charge in [0.05, 0.1) is 19.1 Å². The lowest BCUT2D eigenvalue weighted by Crippen LogP contribution is -2.24. The average molecular weight is 331 g/mol. The minimum atomic E-state index is 0.0323. The van der Waals surface area contributed by atoms with E-state index in [1.165, 1.54) is 16.9 Å². The fraction of sp³-hybridized carbons (Fsp3) is 0.389. The summed E-state index contributed by atoms with van der Waals surface area (Å²) in [4.78, 5) is 14.4. The van der Waals surface area contributed by atoms with Gasteiger partial charge in [0.15, 0.2) is 11.5 Å². The Balaban J connectivity index is 1.55. The van der Waals surface area contributed by atoms with Crippen molar-refractivity contribution in [2.75, 3.05) is 20.8 Å². The van der Waals surface area contributed by atoms with Gasteiger partial charge in [-0.2, -0.15) is 0 Å². The molecular formula is C18H21NO3S. The maximum Gasteiger partial charge on any atom is 0.261 e. The SMILES string of the molecule is COc1ccc(CCNC(=O)c2cc3c(s2)CCC3)cc1OC. The summed E-state index contributed by atoms with van der Waals surface area (Å²) in [5, 5.41) is 3.00. The van der Waals surface area contributed by atoms with E-state index in [4.69, 9.17) is 9.47 Å². The predicted molar refractivity (Wildman–Crippen MR) is 91.9 cm³/mol. The van der Waals surface area contributed by atoms with Gasteiger partial charge in [-0.25, -0.2) is 0 Å². The molecule has 0 fully saturated rings. The summed E-state index contributed by atoms with van der Waals surface area (Å²) < 4.78 is 10.5. The maximum absolute atomic E-state index is 12.2. The van der Waals surface area contributed by atoms with Gasteiger partial charge in [0.25, 0.3) is 5.91 Å². The molecule has 0 saturated heterocycles. The summed E-state index contributed by atoms with van der Waals surface area (Å²) >= 11 is 1.64. The zero-order valence-electron chi connectivity index (χ0n) is 13.5. The Hall–Kier alpha value is -2.01. The zero-order chi connectivity index (χ0) is 16.2. The molecule has 2 aromatic rings. The third-order valence-electron chi connectivity index (χ3n) is 4.12. The molecule has 1 aromatic carbocycles. The highest BCUT2D eigenvalue weighted by atomic mass is 32.1.